The Hall–Kier alpha value is -0.900. The maximum absolute atomic E-state index is 12.0. The third-order valence-electron chi connectivity index (χ3n) is 1.69. The van der Waals surface area contributed by atoms with E-state index in [1.54, 1.807) is 6.20 Å². The zero-order valence-electron chi connectivity index (χ0n) is 7.84. The highest BCUT2D eigenvalue weighted by molar-refractivity contribution is 7.99. The smallest absolute Gasteiger partial charge is 0.250 e. The van der Waals surface area contributed by atoms with E-state index in [0.29, 0.717) is 12.2 Å². The number of aromatic nitrogens is 1. The van der Waals surface area contributed by atoms with Crippen molar-refractivity contribution in [1.29, 1.82) is 0 Å². The van der Waals surface area contributed by atoms with Crippen molar-refractivity contribution >= 4 is 11.8 Å². The second-order valence-corrected chi connectivity index (χ2v) is 3.92. The standard InChI is InChI=1S/C10H11F2NS/c1-8(10(11)12)5-7-14-9-4-2-3-6-13-9/h2-4,6H,5,7H2,1H3. The van der Waals surface area contributed by atoms with Gasteiger partial charge in [0.2, 0.25) is 0 Å². The minimum absolute atomic E-state index is 0.161. The van der Waals surface area contributed by atoms with Gasteiger partial charge in [0, 0.05) is 11.9 Å². The molecule has 0 saturated carbocycles. The summed E-state index contributed by atoms with van der Waals surface area (Å²) in [7, 11) is 0. The summed E-state index contributed by atoms with van der Waals surface area (Å²) in [6.07, 6.45) is 0.538. The molecule has 0 atom stereocenters. The molecule has 1 heterocycles. The van der Waals surface area contributed by atoms with Crippen molar-refractivity contribution in [2.75, 3.05) is 5.75 Å². The lowest BCUT2D eigenvalue weighted by Crippen LogP contribution is -1.85. The summed E-state index contributed by atoms with van der Waals surface area (Å²) in [5.74, 6) is 0.639. The summed E-state index contributed by atoms with van der Waals surface area (Å²) >= 11 is 1.49. The molecule has 0 spiro atoms. The van der Waals surface area contributed by atoms with Gasteiger partial charge in [0.25, 0.3) is 6.08 Å². The zero-order chi connectivity index (χ0) is 10.4. The highest BCUT2D eigenvalue weighted by Gasteiger charge is 2.00. The topological polar surface area (TPSA) is 12.9 Å². The Morgan fingerprint density at radius 1 is 1.43 bits per heavy atom. The van der Waals surface area contributed by atoms with E-state index in [-0.39, 0.29) is 5.57 Å². The van der Waals surface area contributed by atoms with E-state index in [2.05, 4.69) is 4.98 Å². The van der Waals surface area contributed by atoms with E-state index in [0.717, 1.165) is 5.03 Å². The van der Waals surface area contributed by atoms with Crippen LogP contribution in [-0.4, -0.2) is 10.7 Å². The summed E-state index contributed by atoms with van der Waals surface area (Å²) in [6.45, 7) is 1.45. The molecule has 1 aromatic heterocycles. The molecule has 0 aliphatic carbocycles. The number of thioether (sulfide) groups is 1. The second-order valence-electron chi connectivity index (χ2n) is 2.81. The second kappa shape index (κ2) is 5.75. The van der Waals surface area contributed by atoms with Gasteiger partial charge < -0.3 is 0 Å². The first kappa shape index (κ1) is 11.2. The normalized spacial score (nSPS) is 9.93. The van der Waals surface area contributed by atoms with E-state index in [9.17, 15) is 8.78 Å². The van der Waals surface area contributed by atoms with E-state index in [1.165, 1.54) is 18.7 Å². The predicted molar refractivity (Wildman–Crippen MR) is 54.5 cm³/mol. The molecule has 0 N–H and O–H groups in total. The maximum Gasteiger partial charge on any atom is 0.269 e. The summed E-state index contributed by atoms with van der Waals surface area (Å²) < 4.78 is 24.0. The first-order valence-electron chi connectivity index (χ1n) is 4.24. The molecular formula is C10H11F2NS. The molecule has 0 radical (unpaired) electrons. The SMILES string of the molecule is CC(CCSc1ccccn1)=C(F)F. The van der Waals surface area contributed by atoms with Gasteiger partial charge in [-0.2, -0.15) is 8.78 Å². The summed E-state index contributed by atoms with van der Waals surface area (Å²) in [6, 6.07) is 5.58. The molecule has 0 amide bonds. The van der Waals surface area contributed by atoms with Crippen LogP contribution in [-0.2, 0) is 0 Å². The van der Waals surface area contributed by atoms with Crippen molar-refractivity contribution in [2.24, 2.45) is 0 Å². The number of nitrogens with zero attached hydrogens (tertiary/aromatic N) is 1. The molecule has 0 aliphatic heterocycles. The van der Waals surface area contributed by atoms with Crippen LogP contribution < -0.4 is 0 Å². The van der Waals surface area contributed by atoms with Gasteiger partial charge in [-0.15, -0.1) is 11.8 Å². The number of hydrogen-bond donors (Lipinski definition) is 0. The monoisotopic (exact) mass is 215 g/mol. The van der Waals surface area contributed by atoms with Gasteiger partial charge in [-0.1, -0.05) is 6.07 Å². The van der Waals surface area contributed by atoms with Crippen molar-refractivity contribution in [3.8, 4) is 0 Å². The summed E-state index contributed by atoms with van der Waals surface area (Å²) in [5.41, 5.74) is 0.161. The Morgan fingerprint density at radius 3 is 2.79 bits per heavy atom. The lowest BCUT2D eigenvalue weighted by Gasteiger charge is -1.99. The lowest BCUT2D eigenvalue weighted by atomic mass is 10.3. The Balaban J connectivity index is 2.33. The van der Waals surface area contributed by atoms with Gasteiger partial charge in [-0.05, 0) is 31.1 Å². The average Bonchev–Trinajstić information content (AvgIpc) is 2.19. The van der Waals surface area contributed by atoms with Crippen molar-refractivity contribution in [2.45, 2.75) is 18.4 Å². The number of rotatable bonds is 4. The van der Waals surface area contributed by atoms with Crippen LogP contribution >= 0.6 is 11.8 Å². The van der Waals surface area contributed by atoms with Crippen molar-refractivity contribution in [3.63, 3.8) is 0 Å². The first-order valence-corrected chi connectivity index (χ1v) is 5.23. The number of allylic oxidation sites excluding steroid dienone is 1. The van der Waals surface area contributed by atoms with Gasteiger partial charge >= 0.3 is 0 Å². The van der Waals surface area contributed by atoms with Crippen LogP contribution in [0.5, 0.6) is 0 Å². The van der Waals surface area contributed by atoms with Gasteiger partial charge in [0.05, 0.1) is 5.03 Å². The molecule has 0 fully saturated rings. The molecule has 0 aliphatic rings. The quantitative estimate of drug-likeness (QED) is 0.710. The molecule has 1 aromatic rings. The van der Waals surface area contributed by atoms with Crippen molar-refractivity contribution < 1.29 is 8.78 Å². The van der Waals surface area contributed by atoms with E-state index >= 15 is 0 Å². The molecule has 1 nitrogen and oxygen atoms in total. The molecule has 0 bridgehead atoms. The van der Waals surface area contributed by atoms with Crippen LogP contribution in [0.3, 0.4) is 0 Å². The minimum atomic E-state index is -1.56. The molecule has 14 heavy (non-hydrogen) atoms. The van der Waals surface area contributed by atoms with Gasteiger partial charge in [0.15, 0.2) is 0 Å². The molecule has 0 unspecified atom stereocenters. The Kier molecular flexibility index (Phi) is 4.59. The Labute approximate surface area is 86.2 Å². The van der Waals surface area contributed by atoms with Crippen molar-refractivity contribution in [1.82, 2.24) is 4.98 Å². The van der Waals surface area contributed by atoms with Crippen LogP contribution in [0, 0.1) is 0 Å². The molecular weight excluding hydrogens is 204 g/mol. The third-order valence-corrected chi connectivity index (χ3v) is 2.63. The number of halogens is 2. The largest absolute Gasteiger partial charge is 0.269 e. The Bertz CT molecular complexity index is 307. The molecule has 1 rings (SSSR count). The first-order chi connectivity index (χ1) is 6.70. The third kappa shape index (κ3) is 3.87. The highest BCUT2D eigenvalue weighted by Crippen LogP contribution is 2.19. The van der Waals surface area contributed by atoms with Crippen LogP contribution in [0.1, 0.15) is 13.3 Å². The fourth-order valence-corrected chi connectivity index (χ4v) is 1.76. The van der Waals surface area contributed by atoms with E-state index in [4.69, 9.17) is 0 Å². The van der Waals surface area contributed by atoms with Crippen LogP contribution in [0.25, 0.3) is 0 Å². The van der Waals surface area contributed by atoms with Crippen molar-refractivity contribution in [3.05, 3.63) is 36.0 Å². The van der Waals surface area contributed by atoms with E-state index in [1.807, 2.05) is 18.2 Å². The lowest BCUT2D eigenvalue weighted by molar-refractivity contribution is 0.409. The molecule has 0 aromatic carbocycles. The van der Waals surface area contributed by atoms with Gasteiger partial charge in [-0.25, -0.2) is 4.98 Å². The van der Waals surface area contributed by atoms with Crippen LogP contribution in [0.2, 0.25) is 0 Å². The van der Waals surface area contributed by atoms with Gasteiger partial charge in [-0.3, -0.25) is 0 Å². The Morgan fingerprint density at radius 2 is 2.21 bits per heavy atom. The zero-order valence-corrected chi connectivity index (χ0v) is 8.65. The predicted octanol–water partition coefficient (Wildman–Crippen LogP) is 3.73. The molecule has 4 heteroatoms. The van der Waals surface area contributed by atoms with Crippen LogP contribution in [0.4, 0.5) is 8.78 Å². The van der Waals surface area contributed by atoms with E-state index < -0.39 is 6.08 Å². The van der Waals surface area contributed by atoms with Crippen LogP contribution in [0.15, 0.2) is 41.1 Å². The summed E-state index contributed by atoms with van der Waals surface area (Å²) in [4.78, 5) is 4.08. The number of hydrogen-bond acceptors (Lipinski definition) is 2. The fourth-order valence-electron chi connectivity index (χ4n) is 0.836. The average molecular weight is 215 g/mol. The molecule has 76 valence electrons. The van der Waals surface area contributed by atoms with Gasteiger partial charge in [0.1, 0.15) is 0 Å². The fraction of sp³-hybridized carbons (Fsp3) is 0.300. The minimum Gasteiger partial charge on any atom is -0.250 e. The summed E-state index contributed by atoms with van der Waals surface area (Å²) in [5, 5.41) is 0.875. The number of pyridine rings is 1. The highest BCUT2D eigenvalue weighted by atomic mass is 32.2. The molecule has 0 saturated heterocycles. The maximum atomic E-state index is 12.0.